The maximum absolute atomic E-state index is 12.0. The van der Waals surface area contributed by atoms with Crippen molar-refractivity contribution in [2.75, 3.05) is 0 Å². The number of ether oxygens (including phenoxy) is 1. The number of hydrogen-bond acceptors (Lipinski definition) is 3. The van der Waals surface area contributed by atoms with Gasteiger partial charge in [0, 0.05) is 0 Å². The molecule has 0 spiro atoms. The number of carbonyl (C=O) groups is 1. The second kappa shape index (κ2) is 6.66. The molecular formula is C20H21NO2. The van der Waals surface area contributed by atoms with Gasteiger partial charge in [-0.25, -0.2) is 4.79 Å². The summed E-state index contributed by atoms with van der Waals surface area (Å²) in [7, 11) is 0. The molecule has 2 rings (SSSR count). The molecule has 0 amide bonds. The van der Waals surface area contributed by atoms with E-state index in [0.717, 1.165) is 16.7 Å². The van der Waals surface area contributed by atoms with Crippen molar-refractivity contribution < 1.29 is 9.53 Å². The summed E-state index contributed by atoms with van der Waals surface area (Å²) in [5, 5.41) is 8.94. The number of nitriles is 1. The summed E-state index contributed by atoms with van der Waals surface area (Å²) in [6.07, 6.45) is 0. The van der Waals surface area contributed by atoms with E-state index in [1.807, 2.05) is 64.1 Å². The number of carbonyl (C=O) groups excluding carboxylic acids is 1. The molecule has 0 saturated carbocycles. The van der Waals surface area contributed by atoms with E-state index >= 15 is 0 Å². The van der Waals surface area contributed by atoms with Crippen LogP contribution in [-0.4, -0.2) is 11.6 Å². The van der Waals surface area contributed by atoms with Gasteiger partial charge >= 0.3 is 5.97 Å². The zero-order chi connectivity index (χ0) is 17.0. The molecule has 0 aliphatic carbocycles. The van der Waals surface area contributed by atoms with E-state index in [4.69, 9.17) is 10.00 Å². The van der Waals surface area contributed by atoms with Crippen LogP contribution in [0.1, 0.15) is 49.5 Å². The molecule has 0 fully saturated rings. The molecule has 0 aromatic heterocycles. The van der Waals surface area contributed by atoms with Gasteiger partial charge < -0.3 is 4.74 Å². The number of rotatable bonds is 3. The fraction of sp³-hybridized carbons (Fsp3) is 0.300. The quantitative estimate of drug-likeness (QED) is 0.755. The average molecular weight is 307 g/mol. The summed E-state index contributed by atoms with van der Waals surface area (Å²) < 4.78 is 5.35. The van der Waals surface area contributed by atoms with Crippen LogP contribution in [0, 0.1) is 11.3 Å². The monoisotopic (exact) mass is 307 g/mol. The largest absolute Gasteiger partial charge is 0.456 e. The van der Waals surface area contributed by atoms with E-state index in [1.54, 1.807) is 12.1 Å². The van der Waals surface area contributed by atoms with Gasteiger partial charge in [0.05, 0.1) is 17.6 Å². The van der Waals surface area contributed by atoms with E-state index in [-0.39, 0.29) is 11.9 Å². The minimum absolute atomic E-state index is 0.112. The van der Waals surface area contributed by atoms with Gasteiger partial charge in [-0.3, -0.25) is 0 Å². The summed E-state index contributed by atoms with van der Waals surface area (Å²) in [4.78, 5) is 12.0. The number of hydrogen-bond donors (Lipinski definition) is 0. The van der Waals surface area contributed by atoms with Crippen LogP contribution in [0.25, 0.3) is 11.1 Å². The van der Waals surface area contributed by atoms with Crippen LogP contribution in [0.4, 0.5) is 0 Å². The Morgan fingerprint density at radius 1 is 1.00 bits per heavy atom. The standard InChI is InChI=1S/C20H21NO2/c1-14(13-21)15-5-7-16(8-6-15)17-9-11-18(12-10-17)19(22)23-20(2,3)4/h5-12,14H,1-4H3. The molecule has 0 bridgehead atoms. The Morgan fingerprint density at radius 2 is 1.48 bits per heavy atom. The van der Waals surface area contributed by atoms with Gasteiger partial charge in [0.15, 0.2) is 0 Å². The van der Waals surface area contributed by atoms with Crippen molar-refractivity contribution in [2.24, 2.45) is 0 Å². The third kappa shape index (κ3) is 4.43. The molecular weight excluding hydrogens is 286 g/mol. The second-order valence-electron chi connectivity index (χ2n) is 6.55. The van der Waals surface area contributed by atoms with Crippen LogP contribution >= 0.6 is 0 Å². The van der Waals surface area contributed by atoms with Crippen molar-refractivity contribution in [1.29, 1.82) is 5.26 Å². The third-order valence-electron chi connectivity index (χ3n) is 3.46. The molecule has 1 atom stereocenters. The first-order valence-electron chi connectivity index (χ1n) is 7.63. The van der Waals surface area contributed by atoms with Gasteiger partial charge in [0.2, 0.25) is 0 Å². The lowest BCUT2D eigenvalue weighted by Crippen LogP contribution is -2.23. The molecule has 23 heavy (non-hydrogen) atoms. The fourth-order valence-electron chi connectivity index (χ4n) is 2.17. The van der Waals surface area contributed by atoms with Crippen molar-refractivity contribution >= 4 is 5.97 Å². The molecule has 1 unspecified atom stereocenters. The Balaban J connectivity index is 2.17. The van der Waals surface area contributed by atoms with Gasteiger partial charge in [-0.2, -0.15) is 5.26 Å². The van der Waals surface area contributed by atoms with Crippen LogP contribution < -0.4 is 0 Å². The van der Waals surface area contributed by atoms with Crippen LogP contribution in [0.2, 0.25) is 0 Å². The molecule has 3 nitrogen and oxygen atoms in total. The zero-order valence-corrected chi connectivity index (χ0v) is 14.0. The third-order valence-corrected chi connectivity index (χ3v) is 3.46. The van der Waals surface area contributed by atoms with Gasteiger partial charge in [0.25, 0.3) is 0 Å². The van der Waals surface area contributed by atoms with Gasteiger partial charge in [-0.1, -0.05) is 36.4 Å². The van der Waals surface area contributed by atoms with Crippen LogP contribution in [0.15, 0.2) is 48.5 Å². The number of esters is 1. The first-order valence-corrected chi connectivity index (χ1v) is 7.63. The summed E-state index contributed by atoms with van der Waals surface area (Å²) >= 11 is 0. The van der Waals surface area contributed by atoms with Crippen molar-refractivity contribution in [1.82, 2.24) is 0 Å². The zero-order valence-electron chi connectivity index (χ0n) is 14.0. The summed E-state index contributed by atoms with van der Waals surface area (Å²) in [5.41, 5.74) is 3.12. The molecule has 0 heterocycles. The summed E-state index contributed by atoms with van der Waals surface area (Å²) in [6, 6.07) is 17.5. The van der Waals surface area contributed by atoms with E-state index < -0.39 is 5.60 Å². The summed E-state index contributed by atoms with van der Waals surface area (Å²) in [6.45, 7) is 7.43. The van der Waals surface area contributed by atoms with Crippen LogP contribution in [0.3, 0.4) is 0 Å². The van der Waals surface area contributed by atoms with Crippen molar-refractivity contribution in [3.8, 4) is 17.2 Å². The van der Waals surface area contributed by atoms with Crippen LogP contribution in [0.5, 0.6) is 0 Å². The minimum atomic E-state index is -0.497. The smallest absolute Gasteiger partial charge is 0.338 e. The molecule has 0 saturated heterocycles. The lowest BCUT2D eigenvalue weighted by atomic mass is 9.98. The molecule has 0 aliphatic rings. The molecule has 3 heteroatoms. The van der Waals surface area contributed by atoms with Gasteiger partial charge in [0.1, 0.15) is 5.60 Å². The van der Waals surface area contributed by atoms with Gasteiger partial charge in [-0.15, -0.1) is 0 Å². The van der Waals surface area contributed by atoms with E-state index in [1.165, 1.54) is 0 Å². The molecule has 0 N–H and O–H groups in total. The SMILES string of the molecule is CC(C#N)c1ccc(-c2ccc(C(=O)OC(C)(C)C)cc2)cc1. The highest BCUT2D eigenvalue weighted by Gasteiger charge is 2.17. The van der Waals surface area contributed by atoms with E-state index in [9.17, 15) is 4.79 Å². The molecule has 2 aromatic rings. The average Bonchev–Trinajstić information content (AvgIpc) is 2.53. The maximum atomic E-state index is 12.0. The van der Waals surface area contributed by atoms with E-state index in [2.05, 4.69) is 6.07 Å². The fourth-order valence-corrected chi connectivity index (χ4v) is 2.17. The Labute approximate surface area is 137 Å². The molecule has 2 aromatic carbocycles. The van der Waals surface area contributed by atoms with Crippen molar-refractivity contribution in [3.05, 3.63) is 59.7 Å². The topological polar surface area (TPSA) is 50.1 Å². The summed E-state index contributed by atoms with van der Waals surface area (Å²) in [5.74, 6) is -0.430. The Bertz CT molecular complexity index is 716. The van der Waals surface area contributed by atoms with Crippen molar-refractivity contribution in [3.63, 3.8) is 0 Å². The first kappa shape index (κ1) is 16.8. The lowest BCUT2D eigenvalue weighted by Gasteiger charge is -2.19. The molecule has 118 valence electrons. The molecule has 0 aliphatic heterocycles. The second-order valence-corrected chi connectivity index (χ2v) is 6.55. The molecule has 0 radical (unpaired) electrons. The minimum Gasteiger partial charge on any atom is -0.456 e. The Hall–Kier alpha value is -2.60. The van der Waals surface area contributed by atoms with Crippen molar-refractivity contribution in [2.45, 2.75) is 39.2 Å². The highest BCUT2D eigenvalue weighted by atomic mass is 16.6. The van der Waals surface area contributed by atoms with Crippen LogP contribution in [-0.2, 0) is 4.74 Å². The lowest BCUT2D eigenvalue weighted by molar-refractivity contribution is 0.00696. The highest BCUT2D eigenvalue weighted by molar-refractivity contribution is 5.90. The Morgan fingerprint density at radius 3 is 1.91 bits per heavy atom. The van der Waals surface area contributed by atoms with Gasteiger partial charge in [-0.05, 0) is 56.5 Å². The number of benzene rings is 2. The first-order chi connectivity index (χ1) is 10.8. The van der Waals surface area contributed by atoms with E-state index in [0.29, 0.717) is 5.56 Å². The predicted molar refractivity (Wildman–Crippen MR) is 91.1 cm³/mol. The highest BCUT2D eigenvalue weighted by Crippen LogP contribution is 2.23. The predicted octanol–water partition coefficient (Wildman–Crippen LogP) is 4.94. The maximum Gasteiger partial charge on any atom is 0.338 e. The Kier molecular flexibility index (Phi) is 4.86. The normalized spacial score (nSPS) is 12.3. The number of nitrogens with zero attached hydrogens (tertiary/aromatic N) is 1.